The first kappa shape index (κ1) is 12.5. The maximum absolute atomic E-state index is 10.8. The van der Waals surface area contributed by atoms with Crippen LogP contribution >= 0.6 is 0 Å². The van der Waals surface area contributed by atoms with Crippen LogP contribution in [0.15, 0.2) is 54.6 Å². The molecule has 98 valence electrons. The van der Waals surface area contributed by atoms with E-state index in [2.05, 4.69) is 6.07 Å². The van der Waals surface area contributed by atoms with Crippen LogP contribution < -0.4 is 4.74 Å². The molecule has 20 heavy (non-hydrogen) atoms. The Bertz CT molecular complexity index is 698. The SMILES string of the molecule is N#Cc1ccc(OC2(O)CC=Cc3ccccc32)cc1. The molecule has 1 N–H and O–H groups in total. The molecule has 0 fully saturated rings. The van der Waals surface area contributed by atoms with Gasteiger partial charge in [-0.2, -0.15) is 5.26 Å². The molecule has 3 nitrogen and oxygen atoms in total. The van der Waals surface area contributed by atoms with Crippen molar-refractivity contribution in [2.24, 2.45) is 0 Å². The molecule has 1 atom stereocenters. The Balaban J connectivity index is 1.93. The molecule has 0 aliphatic heterocycles. The van der Waals surface area contributed by atoms with Crippen LogP contribution in [-0.2, 0) is 5.79 Å². The van der Waals surface area contributed by atoms with E-state index in [-0.39, 0.29) is 0 Å². The van der Waals surface area contributed by atoms with Gasteiger partial charge in [0.2, 0.25) is 5.79 Å². The fourth-order valence-corrected chi connectivity index (χ4v) is 2.34. The van der Waals surface area contributed by atoms with E-state index in [4.69, 9.17) is 10.00 Å². The van der Waals surface area contributed by atoms with Crippen molar-refractivity contribution in [2.75, 3.05) is 0 Å². The van der Waals surface area contributed by atoms with Crippen molar-refractivity contribution < 1.29 is 9.84 Å². The van der Waals surface area contributed by atoms with Crippen molar-refractivity contribution in [1.29, 1.82) is 5.26 Å². The summed E-state index contributed by atoms with van der Waals surface area (Å²) < 4.78 is 5.76. The summed E-state index contributed by atoms with van der Waals surface area (Å²) in [7, 11) is 0. The molecule has 3 heteroatoms. The highest BCUT2D eigenvalue weighted by Crippen LogP contribution is 2.35. The third kappa shape index (κ3) is 2.18. The molecular weight excluding hydrogens is 250 g/mol. The molecule has 0 saturated heterocycles. The Hall–Kier alpha value is -2.57. The molecule has 2 aromatic carbocycles. The minimum absolute atomic E-state index is 0.393. The van der Waals surface area contributed by atoms with Crippen LogP contribution in [-0.4, -0.2) is 5.11 Å². The number of aliphatic hydroxyl groups is 1. The number of hydrogen-bond acceptors (Lipinski definition) is 3. The van der Waals surface area contributed by atoms with Gasteiger partial charge in [0.05, 0.1) is 11.6 Å². The number of rotatable bonds is 2. The summed E-state index contributed by atoms with van der Waals surface area (Å²) in [4.78, 5) is 0. The Morgan fingerprint density at radius 2 is 1.85 bits per heavy atom. The maximum atomic E-state index is 10.8. The molecule has 0 saturated carbocycles. The zero-order valence-electron chi connectivity index (χ0n) is 10.8. The Kier molecular flexibility index (Phi) is 3.02. The molecule has 0 bridgehead atoms. The van der Waals surface area contributed by atoms with E-state index in [9.17, 15) is 5.11 Å². The lowest BCUT2D eigenvalue weighted by molar-refractivity contribution is -0.143. The Morgan fingerprint density at radius 3 is 2.60 bits per heavy atom. The first-order chi connectivity index (χ1) is 9.71. The largest absolute Gasteiger partial charge is 0.458 e. The summed E-state index contributed by atoms with van der Waals surface area (Å²) in [5, 5.41) is 19.5. The summed E-state index contributed by atoms with van der Waals surface area (Å²) in [5.41, 5.74) is 2.27. The van der Waals surface area contributed by atoms with Gasteiger partial charge in [0, 0.05) is 12.0 Å². The van der Waals surface area contributed by atoms with E-state index in [1.807, 2.05) is 36.4 Å². The number of nitriles is 1. The average Bonchev–Trinajstić information content (AvgIpc) is 2.48. The van der Waals surface area contributed by atoms with Crippen LogP contribution in [0.5, 0.6) is 5.75 Å². The predicted octanol–water partition coefficient (Wildman–Crippen LogP) is 3.20. The molecule has 1 aliphatic carbocycles. The van der Waals surface area contributed by atoms with E-state index < -0.39 is 5.79 Å². The number of benzene rings is 2. The zero-order valence-corrected chi connectivity index (χ0v) is 10.8. The van der Waals surface area contributed by atoms with E-state index >= 15 is 0 Å². The van der Waals surface area contributed by atoms with Crippen LogP contribution in [0.3, 0.4) is 0 Å². The van der Waals surface area contributed by atoms with Gasteiger partial charge < -0.3 is 9.84 Å². The highest BCUT2D eigenvalue weighted by Gasteiger charge is 2.34. The summed E-state index contributed by atoms with van der Waals surface area (Å²) in [6.45, 7) is 0. The summed E-state index contributed by atoms with van der Waals surface area (Å²) in [6.07, 6.45) is 4.27. The molecule has 2 aromatic rings. The van der Waals surface area contributed by atoms with E-state index in [0.717, 1.165) is 11.1 Å². The molecular formula is C17H13NO2. The van der Waals surface area contributed by atoms with Gasteiger partial charge in [0.1, 0.15) is 5.75 Å². The summed E-state index contributed by atoms with van der Waals surface area (Å²) in [6, 6.07) is 16.4. The number of hydrogen-bond donors (Lipinski definition) is 1. The quantitative estimate of drug-likeness (QED) is 0.846. The molecule has 1 aliphatic rings. The van der Waals surface area contributed by atoms with E-state index in [1.165, 1.54) is 0 Å². The number of fused-ring (bicyclic) bond motifs is 1. The third-order valence-corrected chi connectivity index (χ3v) is 3.34. The van der Waals surface area contributed by atoms with Gasteiger partial charge in [-0.15, -0.1) is 0 Å². The van der Waals surface area contributed by atoms with Gasteiger partial charge in [-0.3, -0.25) is 0 Å². The molecule has 0 aromatic heterocycles. The standard InChI is InChI=1S/C17H13NO2/c18-12-13-7-9-15(10-8-13)20-17(19)11-3-5-14-4-1-2-6-16(14)17/h1-10,19H,11H2. The molecule has 1 unspecified atom stereocenters. The first-order valence-corrected chi connectivity index (χ1v) is 6.39. The van der Waals surface area contributed by atoms with Crippen molar-refractivity contribution in [3.8, 4) is 11.8 Å². The predicted molar refractivity (Wildman–Crippen MR) is 75.8 cm³/mol. The topological polar surface area (TPSA) is 53.2 Å². The second-order valence-electron chi connectivity index (χ2n) is 4.72. The second-order valence-corrected chi connectivity index (χ2v) is 4.72. The summed E-state index contributed by atoms with van der Waals surface area (Å²) in [5.74, 6) is -0.823. The normalized spacial score (nSPS) is 20.0. The van der Waals surface area contributed by atoms with Gasteiger partial charge in [0.15, 0.2) is 0 Å². The third-order valence-electron chi connectivity index (χ3n) is 3.34. The monoisotopic (exact) mass is 263 g/mol. The highest BCUT2D eigenvalue weighted by molar-refractivity contribution is 5.58. The van der Waals surface area contributed by atoms with Gasteiger partial charge in [-0.05, 0) is 29.8 Å². The fraction of sp³-hybridized carbons (Fsp3) is 0.118. The van der Waals surface area contributed by atoms with Crippen molar-refractivity contribution in [2.45, 2.75) is 12.2 Å². The minimum Gasteiger partial charge on any atom is -0.458 e. The van der Waals surface area contributed by atoms with Crippen molar-refractivity contribution in [3.05, 3.63) is 71.3 Å². The van der Waals surface area contributed by atoms with Crippen LogP contribution in [0.2, 0.25) is 0 Å². The summed E-state index contributed by atoms with van der Waals surface area (Å²) >= 11 is 0. The molecule has 0 amide bonds. The molecule has 0 heterocycles. The smallest absolute Gasteiger partial charge is 0.238 e. The van der Waals surface area contributed by atoms with Crippen LogP contribution in [0.4, 0.5) is 0 Å². The minimum atomic E-state index is -1.36. The van der Waals surface area contributed by atoms with Crippen LogP contribution in [0.25, 0.3) is 6.08 Å². The van der Waals surface area contributed by atoms with E-state index in [0.29, 0.717) is 17.7 Å². The lowest BCUT2D eigenvalue weighted by atomic mass is 9.91. The molecule has 0 spiro atoms. The van der Waals surface area contributed by atoms with Crippen LogP contribution in [0.1, 0.15) is 23.1 Å². The van der Waals surface area contributed by atoms with Crippen molar-refractivity contribution in [3.63, 3.8) is 0 Å². The average molecular weight is 263 g/mol. The Labute approximate surface area is 117 Å². The first-order valence-electron chi connectivity index (χ1n) is 6.39. The van der Waals surface area contributed by atoms with Gasteiger partial charge >= 0.3 is 0 Å². The second kappa shape index (κ2) is 4.84. The lowest BCUT2D eigenvalue weighted by Crippen LogP contribution is -2.34. The fourth-order valence-electron chi connectivity index (χ4n) is 2.34. The Morgan fingerprint density at radius 1 is 1.10 bits per heavy atom. The lowest BCUT2D eigenvalue weighted by Gasteiger charge is -2.32. The molecule has 3 rings (SSSR count). The van der Waals surface area contributed by atoms with Gasteiger partial charge in [0.25, 0.3) is 0 Å². The zero-order chi connectivity index (χ0) is 14.0. The van der Waals surface area contributed by atoms with Crippen molar-refractivity contribution >= 4 is 6.08 Å². The number of ether oxygens (including phenoxy) is 1. The van der Waals surface area contributed by atoms with Crippen molar-refractivity contribution in [1.82, 2.24) is 0 Å². The molecule has 0 radical (unpaired) electrons. The number of nitrogens with zero attached hydrogens (tertiary/aromatic N) is 1. The van der Waals surface area contributed by atoms with Gasteiger partial charge in [-0.1, -0.05) is 36.4 Å². The van der Waals surface area contributed by atoms with E-state index in [1.54, 1.807) is 24.3 Å². The van der Waals surface area contributed by atoms with Crippen LogP contribution in [0, 0.1) is 11.3 Å². The van der Waals surface area contributed by atoms with Gasteiger partial charge in [-0.25, -0.2) is 0 Å². The maximum Gasteiger partial charge on any atom is 0.238 e. The highest BCUT2D eigenvalue weighted by atomic mass is 16.6.